The van der Waals surface area contributed by atoms with Crippen LogP contribution in [0, 0.1) is 0 Å². The monoisotopic (exact) mass is 250 g/mol. The maximum Gasteiger partial charge on any atom is 0.223 e. The maximum absolute atomic E-state index is 5.80. The Morgan fingerprint density at radius 3 is 2.56 bits per heavy atom. The predicted molar refractivity (Wildman–Crippen MR) is 65.0 cm³/mol. The van der Waals surface area contributed by atoms with Crippen molar-refractivity contribution in [1.29, 1.82) is 0 Å². The molecule has 3 rings (SSSR count). The highest BCUT2D eigenvalue weighted by molar-refractivity contribution is 5.22. The first-order chi connectivity index (χ1) is 8.73. The van der Waals surface area contributed by atoms with Crippen LogP contribution in [-0.2, 0) is 15.1 Å². The standard InChI is InChI=1S/C12H18N4O2/c1-17-12(4-6-18-7-5-12)10-14-9(8-2-3-8)15-11(13)16-10/h8H,2-7H2,1H3,(H2,13,14,15,16). The molecule has 0 atom stereocenters. The number of hydrogen-bond donors (Lipinski definition) is 1. The van der Waals surface area contributed by atoms with Gasteiger partial charge < -0.3 is 15.2 Å². The number of anilines is 1. The highest BCUT2D eigenvalue weighted by atomic mass is 16.5. The number of nitrogen functional groups attached to an aromatic ring is 1. The summed E-state index contributed by atoms with van der Waals surface area (Å²) in [6.45, 7) is 1.33. The van der Waals surface area contributed by atoms with Crippen molar-refractivity contribution in [3.05, 3.63) is 11.6 Å². The molecule has 0 amide bonds. The van der Waals surface area contributed by atoms with Gasteiger partial charge in [-0.25, -0.2) is 4.98 Å². The number of hydrogen-bond acceptors (Lipinski definition) is 6. The van der Waals surface area contributed by atoms with Crippen molar-refractivity contribution in [1.82, 2.24) is 15.0 Å². The topological polar surface area (TPSA) is 83.2 Å². The van der Waals surface area contributed by atoms with Crippen LogP contribution in [0.1, 0.15) is 43.3 Å². The Bertz CT molecular complexity index is 442. The van der Waals surface area contributed by atoms with Gasteiger partial charge in [0.2, 0.25) is 5.95 Å². The molecule has 0 aromatic carbocycles. The Hall–Kier alpha value is -1.27. The number of methoxy groups -OCH3 is 1. The third kappa shape index (κ3) is 2.06. The van der Waals surface area contributed by atoms with E-state index in [-0.39, 0.29) is 0 Å². The van der Waals surface area contributed by atoms with E-state index in [0.717, 1.165) is 31.5 Å². The molecular weight excluding hydrogens is 232 g/mol. The van der Waals surface area contributed by atoms with Gasteiger partial charge in [-0.15, -0.1) is 0 Å². The third-order valence-corrected chi connectivity index (χ3v) is 3.71. The Morgan fingerprint density at radius 1 is 1.22 bits per heavy atom. The lowest BCUT2D eigenvalue weighted by molar-refractivity contribution is -0.100. The quantitative estimate of drug-likeness (QED) is 0.861. The van der Waals surface area contributed by atoms with Gasteiger partial charge in [-0.3, -0.25) is 0 Å². The van der Waals surface area contributed by atoms with Gasteiger partial charge in [0.1, 0.15) is 11.4 Å². The SMILES string of the molecule is COC1(c2nc(N)nc(C3CC3)n2)CCOCC1. The van der Waals surface area contributed by atoms with Crippen LogP contribution in [0.5, 0.6) is 0 Å². The molecular formula is C12H18N4O2. The van der Waals surface area contributed by atoms with Gasteiger partial charge in [-0.05, 0) is 12.8 Å². The summed E-state index contributed by atoms with van der Waals surface area (Å²) in [5, 5.41) is 0. The normalized spacial score (nSPS) is 22.9. The summed E-state index contributed by atoms with van der Waals surface area (Å²) in [6, 6.07) is 0. The molecule has 1 aliphatic carbocycles. The van der Waals surface area contributed by atoms with Crippen molar-refractivity contribution < 1.29 is 9.47 Å². The van der Waals surface area contributed by atoms with Gasteiger partial charge in [0.25, 0.3) is 0 Å². The fraction of sp³-hybridized carbons (Fsp3) is 0.750. The molecule has 2 fully saturated rings. The van der Waals surface area contributed by atoms with Crippen molar-refractivity contribution in [3.8, 4) is 0 Å². The minimum Gasteiger partial charge on any atom is -0.381 e. The number of nitrogens with zero attached hydrogens (tertiary/aromatic N) is 3. The zero-order valence-corrected chi connectivity index (χ0v) is 10.6. The minimum atomic E-state index is -0.459. The summed E-state index contributed by atoms with van der Waals surface area (Å²) in [6.07, 6.45) is 3.81. The summed E-state index contributed by atoms with van der Waals surface area (Å²) in [5.74, 6) is 2.25. The second kappa shape index (κ2) is 4.44. The van der Waals surface area contributed by atoms with Gasteiger partial charge in [0, 0.05) is 39.1 Å². The van der Waals surface area contributed by atoms with Crippen LogP contribution in [0.25, 0.3) is 0 Å². The minimum absolute atomic E-state index is 0.296. The molecule has 1 aromatic rings. The molecule has 1 aromatic heterocycles. The van der Waals surface area contributed by atoms with Crippen molar-refractivity contribution in [2.75, 3.05) is 26.1 Å². The van der Waals surface area contributed by atoms with Crippen LogP contribution in [0.2, 0.25) is 0 Å². The molecule has 0 bridgehead atoms. The fourth-order valence-corrected chi connectivity index (χ4v) is 2.36. The third-order valence-electron chi connectivity index (χ3n) is 3.71. The Labute approximate surface area is 106 Å². The molecule has 0 unspecified atom stereocenters. The van der Waals surface area contributed by atoms with Crippen molar-refractivity contribution in [3.63, 3.8) is 0 Å². The first-order valence-corrected chi connectivity index (χ1v) is 6.38. The second-order valence-electron chi connectivity index (χ2n) is 4.96. The van der Waals surface area contributed by atoms with Gasteiger partial charge >= 0.3 is 0 Å². The number of rotatable bonds is 3. The molecule has 1 saturated carbocycles. The summed E-state index contributed by atoms with van der Waals surface area (Å²) in [7, 11) is 1.70. The number of nitrogens with two attached hydrogens (primary N) is 1. The molecule has 2 heterocycles. The average Bonchev–Trinajstić information content (AvgIpc) is 3.23. The van der Waals surface area contributed by atoms with Crippen molar-refractivity contribution >= 4 is 5.95 Å². The lowest BCUT2D eigenvalue weighted by Gasteiger charge is -2.34. The average molecular weight is 250 g/mol. The van der Waals surface area contributed by atoms with E-state index in [1.807, 2.05) is 0 Å². The molecule has 18 heavy (non-hydrogen) atoms. The zero-order valence-electron chi connectivity index (χ0n) is 10.6. The summed E-state index contributed by atoms with van der Waals surface area (Å²) >= 11 is 0. The summed E-state index contributed by atoms with van der Waals surface area (Å²) < 4.78 is 11.1. The molecule has 1 aliphatic heterocycles. The highest BCUT2D eigenvalue weighted by Gasteiger charge is 2.39. The van der Waals surface area contributed by atoms with E-state index in [0.29, 0.717) is 30.9 Å². The maximum atomic E-state index is 5.80. The molecule has 2 N–H and O–H groups in total. The predicted octanol–water partition coefficient (Wildman–Crippen LogP) is 0.983. The summed E-state index contributed by atoms with van der Waals surface area (Å²) in [4.78, 5) is 13.1. The van der Waals surface area contributed by atoms with E-state index in [1.165, 1.54) is 0 Å². The van der Waals surface area contributed by atoms with Gasteiger partial charge in [-0.1, -0.05) is 0 Å². The number of aromatic nitrogens is 3. The van der Waals surface area contributed by atoms with Crippen LogP contribution < -0.4 is 5.73 Å². The van der Waals surface area contributed by atoms with Crippen LogP contribution in [0.4, 0.5) is 5.95 Å². The van der Waals surface area contributed by atoms with E-state index in [2.05, 4.69) is 15.0 Å². The van der Waals surface area contributed by atoms with E-state index in [1.54, 1.807) is 7.11 Å². The molecule has 98 valence electrons. The van der Waals surface area contributed by atoms with E-state index in [9.17, 15) is 0 Å². The first-order valence-electron chi connectivity index (χ1n) is 6.38. The van der Waals surface area contributed by atoms with Crippen LogP contribution in [0.3, 0.4) is 0 Å². The van der Waals surface area contributed by atoms with Crippen molar-refractivity contribution in [2.45, 2.75) is 37.2 Å². The highest BCUT2D eigenvalue weighted by Crippen LogP contribution is 2.40. The zero-order chi connectivity index (χ0) is 12.6. The molecule has 6 heteroatoms. The van der Waals surface area contributed by atoms with Crippen LogP contribution in [-0.4, -0.2) is 35.3 Å². The largest absolute Gasteiger partial charge is 0.381 e. The Balaban J connectivity index is 1.97. The van der Waals surface area contributed by atoms with E-state index >= 15 is 0 Å². The van der Waals surface area contributed by atoms with Gasteiger partial charge in [-0.2, -0.15) is 9.97 Å². The molecule has 6 nitrogen and oxygen atoms in total. The Morgan fingerprint density at radius 2 is 1.94 bits per heavy atom. The molecule has 2 aliphatic rings. The van der Waals surface area contributed by atoms with E-state index in [4.69, 9.17) is 15.2 Å². The lowest BCUT2D eigenvalue weighted by atomic mass is 9.93. The summed E-state index contributed by atoms with van der Waals surface area (Å²) in [5.41, 5.74) is 5.34. The first kappa shape index (κ1) is 11.8. The second-order valence-corrected chi connectivity index (χ2v) is 4.96. The van der Waals surface area contributed by atoms with Gasteiger partial charge in [0.15, 0.2) is 5.82 Å². The molecule has 0 radical (unpaired) electrons. The van der Waals surface area contributed by atoms with Gasteiger partial charge in [0.05, 0.1) is 0 Å². The Kier molecular flexibility index (Phi) is 2.91. The smallest absolute Gasteiger partial charge is 0.223 e. The fourth-order valence-electron chi connectivity index (χ4n) is 2.36. The lowest BCUT2D eigenvalue weighted by Crippen LogP contribution is -2.38. The molecule has 1 saturated heterocycles. The van der Waals surface area contributed by atoms with Crippen LogP contribution >= 0.6 is 0 Å². The number of ether oxygens (including phenoxy) is 2. The molecule has 0 spiro atoms. The van der Waals surface area contributed by atoms with Crippen LogP contribution in [0.15, 0.2) is 0 Å². The van der Waals surface area contributed by atoms with Crippen molar-refractivity contribution in [2.24, 2.45) is 0 Å². The van der Waals surface area contributed by atoms with E-state index < -0.39 is 5.60 Å².